The van der Waals surface area contributed by atoms with Crippen LogP contribution in [0.1, 0.15) is 18.1 Å². The van der Waals surface area contributed by atoms with Crippen LogP contribution in [0.4, 0.5) is 0 Å². The summed E-state index contributed by atoms with van der Waals surface area (Å²) in [5, 5.41) is 19.8. The van der Waals surface area contributed by atoms with E-state index < -0.39 is 0 Å². The smallest absolute Gasteiger partial charge is 0.172 e. The second-order valence-corrected chi connectivity index (χ2v) is 4.32. The molecule has 14 heavy (non-hydrogen) atoms. The van der Waals surface area contributed by atoms with Crippen molar-refractivity contribution in [3.63, 3.8) is 0 Å². The summed E-state index contributed by atoms with van der Waals surface area (Å²) in [5.74, 6) is 0. The Kier molecular flexibility index (Phi) is 2.44. The highest BCUT2D eigenvalue weighted by Crippen LogP contribution is 2.32. The van der Waals surface area contributed by atoms with Crippen molar-refractivity contribution in [1.29, 1.82) is 0 Å². The zero-order chi connectivity index (χ0) is 10.1. The van der Waals surface area contributed by atoms with E-state index in [4.69, 9.17) is 5.11 Å². The molecule has 0 saturated heterocycles. The van der Waals surface area contributed by atoms with Gasteiger partial charge in [0.15, 0.2) is 5.06 Å². The molecule has 0 saturated carbocycles. The molecule has 0 aliphatic rings. The molecule has 0 amide bonds. The van der Waals surface area contributed by atoms with Crippen LogP contribution >= 0.6 is 11.3 Å². The van der Waals surface area contributed by atoms with Gasteiger partial charge in [0.05, 0.1) is 6.61 Å². The second-order valence-electron chi connectivity index (χ2n) is 3.26. The second kappa shape index (κ2) is 3.59. The molecule has 1 aromatic carbocycles. The van der Waals surface area contributed by atoms with Crippen LogP contribution in [-0.4, -0.2) is 10.2 Å². The van der Waals surface area contributed by atoms with Crippen LogP contribution < -0.4 is 0 Å². The van der Waals surface area contributed by atoms with Crippen molar-refractivity contribution in [3.05, 3.63) is 29.3 Å². The van der Waals surface area contributed by atoms with E-state index in [2.05, 4.69) is 6.92 Å². The van der Waals surface area contributed by atoms with Gasteiger partial charge in [0.25, 0.3) is 0 Å². The minimum Gasteiger partial charge on any atom is -0.499 e. The van der Waals surface area contributed by atoms with E-state index in [1.807, 2.05) is 12.1 Å². The quantitative estimate of drug-likeness (QED) is 0.796. The van der Waals surface area contributed by atoms with E-state index >= 15 is 0 Å². The summed E-state index contributed by atoms with van der Waals surface area (Å²) >= 11 is 1.37. The van der Waals surface area contributed by atoms with Crippen molar-refractivity contribution >= 4 is 21.4 Å². The summed E-state index contributed by atoms with van der Waals surface area (Å²) in [6.45, 7) is 2.13. The van der Waals surface area contributed by atoms with Crippen LogP contribution in [0.5, 0.6) is 5.06 Å². The number of aryl methyl sites for hydroxylation is 1. The summed E-state index contributed by atoms with van der Waals surface area (Å²) in [7, 11) is 0. The molecule has 2 N–H and O–H groups in total. The largest absolute Gasteiger partial charge is 0.499 e. The molecular formula is C11H12O2S. The number of hydrogen-bond donors (Lipinski definition) is 2. The molecule has 74 valence electrons. The Morgan fingerprint density at radius 2 is 2.00 bits per heavy atom. The van der Waals surface area contributed by atoms with Crippen LogP contribution in [0.15, 0.2) is 18.2 Å². The molecule has 2 rings (SSSR count). The lowest BCUT2D eigenvalue weighted by molar-refractivity contribution is 0.281. The molecule has 0 spiro atoms. The van der Waals surface area contributed by atoms with Gasteiger partial charge in [-0.3, -0.25) is 0 Å². The third-order valence-corrected chi connectivity index (χ3v) is 3.28. The highest BCUT2D eigenvalue weighted by molar-refractivity contribution is 7.20. The van der Waals surface area contributed by atoms with Gasteiger partial charge in [0.2, 0.25) is 0 Å². The van der Waals surface area contributed by atoms with E-state index in [-0.39, 0.29) is 6.61 Å². The van der Waals surface area contributed by atoms with E-state index in [0.717, 1.165) is 27.6 Å². The fraction of sp³-hybridized carbons (Fsp3) is 0.273. The summed E-state index contributed by atoms with van der Waals surface area (Å²) in [6, 6.07) is 5.73. The van der Waals surface area contributed by atoms with Crippen molar-refractivity contribution in [2.45, 2.75) is 20.0 Å². The van der Waals surface area contributed by atoms with Gasteiger partial charge in [-0.2, -0.15) is 0 Å². The van der Waals surface area contributed by atoms with Crippen molar-refractivity contribution in [1.82, 2.24) is 0 Å². The molecular weight excluding hydrogens is 196 g/mol. The fourth-order valence-corrected chi connectivity index (χ4v) is 2.49. The maximum Gasteiger partial charge on any atom is 0.172 e. The molecule has 2 nitrogen and oxygen atoms in total. The van der Waals surface area contributed by atoms with Crippen molar-refractivity contribution in [2.75, 3.05) is 0 Å². The highest BCUT2D eigenvalue weighted by Gasteiger charge is 2.05. The van der Waals surface area contributed by atoms with Crippen LogP contribution in [-0.2, 0) is 13.0 Å². The molecule has 0 aliphatic heterocycles. The van der Waals surface area contributed by atoms with Crippen molar-refractivity contribution in [3.8, 4) is 5.06 Å². The number of aromatic hydroxyl groups is 1. The minimum absolute atomic E-state index is 0.0652. The summed E-state index contributed by atoms with van der Waals surface area (Å²) < 4.78 is 1.08. The Bertz CT molecular complexity index is 419. The molecule has 2 aromatic rings. The number of aliphatic hydroxyl groups is 1. The number of benzene rings is 1. The molecule has 0 aliphatic carbocycles. The normalized spacial score (nSPS) is 11.0. The van der Waals surface area contributed by atoms with Crippen LogP contribution in [0.25, 0.3) is 10.1 Å². The molecule has 1 aromatic heterocycles. The van der Waals surface area contributed by atoms with Gasteiger partial charge < -0.3 is 10.2 Å². The van der Waals surface area contributed by atoms with E-state index in [1.165, 1.54) is 11.3 Å². The SMILES string of the molecule is CCc1cc2sc(O)cc2cc1CO. The van der Waals surface area contributed by atoms with Crippen LogP contribution in [0, 0.1) is 0 Å². The molecule has 0 atom stereocenters. The Morgan fingerprint density at radius 1 is 1.21 bits per heavy atom. The van der Waals surface area contributed by atoms with Gasteiger partial charge in [-0.25, -0.2) is 0 Å². The Labute approximate surface area is 86.4 Å². The van der Waals surface area contributed by atoms with Gasteiger partial charge in [0, 0.05) is 4.70 Å². The fourth-order valence-electron chi connectivity index (χ4n) is 1.64. The summed E-state index contributed by atoms with van der Waals surface area (Å²) in [4.78, 5) is 0. The number of aliphatic hydroxyl groups excluding tert-OH is 1. The average Bonchev–Trinajstić information content (AvgIpc) is 2.54. The van der Waals surface area contributed by atoms with Crippen molar-refractivity contribution < 1.29 is 10.2 Å². The number of fused-ring (bicyclic) bond motifs is 1. The van der Waals surface area contributed by atoms with E-state index in [0.29, 0.717) is 5.06 Å². The molecule has 0 fully saturated rings. The zero-order valence-corrected chi connectivity index (χ0v) is 8.77. The van der Waals surface area contributed by atoms with Gasteiger partial charge >= 0.3 is 0 Å². The number of hydrogen-bond acceptors (Lipinski definition) is 3. The average molecular weight is 208 g/mol. The molecule has 0 unspecified atom stereocenters. The molecule has 3 heteroatoms. The lowest BCUT2D eigenvalue weighted by Gasteiger charge is -2.04. The first-order valence-corrected chi connectivity index (χ1v) is 5.41. The van der Waals surface area contributed by atoms with Gasteiger partial charge in [-0.1, -0.05) is 18.3 Å². The van der Waals surface area contributed by atoms with Gasteiger partial charge in [-0.05, 0) is 41.1 Å². The highest BCUT2D eigenvalue weighted by atomic mass is 32.1. The van der Waals surface area contributed by atoms with Crippen molar-refractivity contribution in [2.24, 2.45) is 0 Å². The first kappa shape index (κ1) is 9.49. The number of rotatable bonds is 2. The zero-order valence-electron chi connectivity index (χ0n) is 7.95. The third-order valence-electron chi connectivity index (χ3n) is 2.38. The maximum atomic E-state index is 9.34. The molecule has 0 bridgehead atoms. The predicted octanol–water partition coefficient (Wildman–Crippen LogP) is 2.66. The standard InChI is InChI=1S/C11H12O2S/c1-2-7-4-10-8(3-9(7)6-12)5-11(13)14-10/h3-5,12-13H,2,6H2,1H3. The Morgan fingerprint density at radius 3 is 2.64 bits per heavy atom. The lowest BCUT2D eigenvalue weighted by atomic mass is 10.0. The summed E-state index contributed by atoms with van der Waals surface area (Å²) in [5.41, 5.74) is 2.11. The topological polar surface area (TPSA) is 40.5 Å². The van der Waals surface area contributed by atoms with Gasteiger partial charge in [-0.15, -0.1) is 0 Å². The predicted molar refractivity (Wildman–Crippen MR) is 58.8 cm³/mol. The molecule has 0 radical (unpaired) electrons. The maximum absolute atomic E-state index is 9.34. The Balaban J connectivity index is 2.68. The Hall–Kier alpha value is -1.06. The first-order valence-electron chi connectivity index (χ1n) is 4.59. The van der Waals surface area contributed by atoms with E-state index in [9.17, 15) is 5.11 Å². The minimum atomic E-state index is 0.0652. The molecule has 1 heterocycles. The number of thiophene rings is 1. The lowest BCUT2D eigenvalue weighted by Crippen LogP contribution is -1.91. The summed E-state index contributed by atoms with van der Waals surface area (Å²) in [6.07, 6.45) is 0.907. The van der Waals surface area contributed by atoms with Crippen LogP contribution in [0.3, 0.4) is 0 Å². The van der Waals surface area contributed by atoms with E-state index in [1.54, 1.807) is 6.07 Å². The first-order chi connectivity index (χ1) is 6.74. The van der Waals surface area contributed by atoms with Gasteiger partial charge in [0.1, 0.15) is 0 Å². The van der Waals surface area contributed by atoms with Crippen LogP contribution in [0.2, 0.25) is 0 Å². The monoisotopic (exact) mass is 208 g/mol. The third kappa shape index (κ3) is 1.49.